The summed E-state index contributed by atoms with van der Waals surface area (Å²) in [6.45, 7) is 2.77. The van der Waals surface area contributed by atoms with Crippen molar-refractivity contribution >= 4 is 17.2 Å². The first-order chi connectivity index (χ1) is 9.70. The lowest BCUT2D eigenvalue weighted by atomic mass is 9.85. The van der Waals surface area contributed by atoms with Gasteiger partial charge in [0, 0.05) is 23.9 Å². The van der Waals surface area contributed by atoms with Crippen molar-refractivity contribution in [3.63, 3.8) is 0 Å². The van der Waals surface area contributed by atoms with Crippen LogP contribution in [0.5, 0.6) is 0 Å². The van der Waals surface area contributed by atoms with Crippen molar-refractivity contribution in [1.29, 1.82) is 0 Å². The van der Waals surface area contributed by atoms with Crippen molar-refractivity contribution in [2.45, 2.75) is 57.5 Å². The van der Waals surface area contributed by atoms with Crippen LogP contribution in [0.3, 0.4) is 0 Å². The molecule has 3 atom stereocenters. The van der Waals surface area contributed by atoms with Crippen molar-refractivity contribution in [3.05, 3.63) is 16.1 Å². The number of hydrogen-bond acceptors (Lipinski definition) is 4. The molecule has 4 nitrogen and oxygen atoms in total. The van der Waals surface area contributed by atoms with Crippen molar-refractivity contribution in [1.82, 2.24) is 9.88 Å². The molecule has 0 aromatic carbocycles. The molecule has 0 spiro atoms. The number of rotatable bonds is 3. The summed E-state index contributed by atoms with van der Waals surface area (Å²) in [5.41, 5.74) is 6.17. The molecule has 2 heterocycles. The third-order valence-electron chi connectivity index (χ3n) is 4.71. The van der Waals surface area contributed by atoms with Gasteiger partial charge in [-0.15, -0.1) is 11.3 Å². The Morgan fingerprint density at radius 3 is 3.10 bits per heavy atom. The van der Waals surface area contributed by atoms with Crippen molar-refractivity contribution in [2.24, 2.45) is 11.7 Å². The van der Waals surface area contributed by atoms with Gasteiger partial charge in [-0.1, -0.05) is 12.8 Å². The van der Waals surface area contributed by atoms with Crippen LogP contribution in [0.15, 0.2) is 5.38 Å². The molecular formula is C15H23N3OS. The monoisotopic (exact) mass is 293 g/mol. The Labute approximate surface area is 124 Å². The van der Waals surface area contributed by atoms with Gasteiger partial charge in [0.1, 0.15) is 5.69 Å². The number of carbonyl (C=O) groups excluding carboxylic acids is 1. The molecule has 1 saturated heterocycles. The SMILES string of the molecule is CC1CC2CCCCC2N1C(=O)c1csc(CCN)n1. The number of carbonyl (C=O) groups is 1. The van der Waals surface area contributed by atoms with E-state index < -0.39 is 0 Å². The molecule has 1 aromatic rings. The van der Waals surface area contributed by atoms with E-state index in [0.29, 0.717) is 30.2 Å². The lowest BCUT2D eigenvalue weighted by Gasteiger charge is -2.32. The first-order valence-electron chi connectivity index (χ1n) is 7.68. The van der Waals surface area contributed by atoms with Crippen molar-refractivity contribution in [3.8, 4) is 0 Å². The second-order valence-electron chi connectivity index (χ2n) is 6.07. The smallest absolute Gasteiger partial charge is 0.273 e. The zero-order chi connectivity index (χ0) is 14.1. The van der Waals surface area contributed by atoms with Crippen LogP contribution in [-0.2, 0) is 6.42 Å². The molecular weight excluding hydrogens is 270 g/mol. The highest BCUT2D eigenvalue weighted by Gasteiger charge is 2.43. The molecule has 3 unspecified atom stereocenters. The minimum absolute atomic E-state index is 0.131. The molecule has 110 valence electrons. The van der Waals surface area contributed by atoms with Gasteiger partial charge in [-0.3, -0.25) is 4.79 Å². The van der Waals surface area contributed by atoms with Crippen LogP contribution in [0.1, 0.15) is 54.5 Å². The van der Waals surface area contributed by atoms with Crippen molar-refractivity contribution in [2.75, 3.05) is 6.54 Å². The van der Waals surface area contributed by atoms with Gasteiger partial charge < -0.3 is 10.6 Å². The molecule has 1 aromatic heterocycles. The van der Waals surface area contributed by atoms with E-state index in [0.717, 1.165) is 17.8 Å². The Balaban J connectivity index is 1.78. The third kappa shape index (κ3) is 2.49. The van der Waals surface area contributed by atoms with Gasteiger partial charge >= 0.3 is 0 Å². The Kier molecular flexibility index (Phi) is 4.08. The highest BCUT2D eigenvalue weighted by Crippen LogP contribution is 2.40. The van der Waals surface area contributed by atoms with Gasteiger partial charge in [-0.2, -0.15) is 0 Å². The highest BCUT2D eigenvalue weighted by molar-refractivity contribution is 7.09. The van der Waals surface area contributed by atoms with E-state index in [1.807, 2.05) is 5.38 Å². The van der Waals surface area contributed by atoms with Gasteiger partial charge in [-0.25, -0.2) is 4.98 Å². The van der Waals surface area contributed by atoms with E-state index in [1.54, 1.807) is 11.3 Å². The molecule has 1 aliphatic carbocycles. The predicted molar refractivity (Wildman–Crippen MR) is 80.9 cm³/mol. The molecule has 1 amide bonds. The second-order valence-corrected chi connectivity index (χ2v) is 7.02. The van der Waals surface area contributed by atoms with E-state index in [4.69, 9.17) is 5.73 Å². The topological polar surface area (TPSA) is 59.2 Å². The highest BCUT2D eigenvalue weighted by atomic mass is 32.1. The van der Waals surface area contributed by atoms with Crippen LogP contribution < -0.4 is 5.73 Å². The average Bonchev–Trinajstić information content (AvgIpc) is 3.02. The average molecular weight is 293 g/mol. The quantitative estimate of drug-likeness (QED) is 0.931. The fraction of sp³-hybridized carbons (Fsp3) is 0.733. The molecule has 0 radical (unpaired) electrons. The van der Waals surface area contributed by atoms with Crippen LogP contribution in [-0.4, -0.2) is 34.4 Å². The summed E-state index contributed by atoms with van der Waals surface area (Å²) in [5.74, 6) is 0.844. The zero-order valence-electron chi connectivity index (χ0n) is 12.0. The summed E-state index contributed by atoms with van der Waals surface area (Å²) in [4.78, 5) is 19.3. The third-order valence-corrected chi connectivity index (χ3v) is 5.62. The summed E-state index contributed by atoms with van der Waals surface area (Å²) in [5, 5.41) is 2.87. The van der Waals surface area contributed by atoms with Crippen molar-refractivity contribution < 1.29 is 4.79 Å². The number of hydrogen-bond donors (Lipinski definition) is 1. The number of likely N-dealkylation sites (tertiary alicyclic amines) is 1. The van der Waals surface area contributed by atoms with Gasteiger partial charge in [0.15, 0.2) is 0 Å². The molecule has 20 heavy (non-hydrogen) atoms. The van der Waals surface area contributed by atoms with Crippen LogP contribution >= 0.6 is 11.3 Å². The molecule has 1 saturated carbocycles. The van der Waals surface area contributed by atoms with Crippen LogP contribution in [0, 0.1) is 5.92 Å². The summed E-state index contributed by atoms with van der Waals surface area (Å²) in [6, 6.07) is 0.807. The number of fused-ring (bicyclic) bond motifs is 1. The van der Waals surface area contributed by atoms with Gasteiger partial charge in [-0.05, 0) is 38.6 Å². The summed E-state index contributed by atoms with van der Waals surface area (Å²) >= 11 is 1.55. The standard InChI is InChI=1S/C15H23N3OS/c1-10-8-11-4-2-3-5-13(11)18(10)15(19)12-9-20-14(17-12)6-7-16/h9-11,13H,2-8,16H2,1H3. The lowest BCUT2D eigenvalue weighted by molar-refractivity contribution is 0.0628. The zero-order valence-corrected chi connectivity index (χ0v) is 12.9. The Morgan fingerprint density at radius 1 is 1.50 bits per heavy atom. The first-order valence-corrected chi connectivity index (χ1v) is 8.55. The largest absolute Gasteiger partial charge is 0.331 e. The first kappa shape index (κ1) is 14.0. The van der Waals surface area contributed by atoms with Crippen LogP contribution in [0.2, 0.25) is 0 Å². The van der Waals surface area contributed by atoms with E-state index in [9.17, 15) is 4.79 Å². The molecule has 1 aliphatic heterocycles. The number of aromatic nitrogens is 1. The van der Waals surface area contributed by atoms with Gasteiger partial charge in [0.25, 0.3) is 5.91 Å². The number of thiazole rings is 1. The molecule has 3 rings (SSSR count). The Hall–Kier alpha value is -0.940. The minimum atomic E-state index is 0.131. The van der Waals surface area contributed by atoms with Crippen LogP contribution in [0.25, 0.3) is 0 Å². The van der Waals surface area contributed by atoms with Crippen LogP contribution in [0.4, 0.5) is 0 Å². The summed E-state index contributed by atoms with van der Waals surface area (Å²) in [6.07, 6.45) is 6.96. The van der Waals surface area contributed by atoms with E-state index in [-0.39, 0.29) is 5.91 Å². The number of nitrogens with zero attached hydrogens (tertiary/aromatic N) is 2. The number of amides is 1. The summed E-state index contributed by atoms with van der Waals surface area (Å²) in [7, 11) is 0. The second kappa shape index (κ2) is 5.82. The van der Waals surface area contributed by atoms with Gasteiger partial charge in [0.2, 0.25) is 0 Å². The maximum Gasteiger partial charge on any atom is 0.273 e. The molecule has 2 aliphatic rings. The number of nitrogens with two attached hydrogens (primary N) is 1. The van der Waals surface area contributed by atoms with E-state index in [1.165, 1.54) is 25.7 Å². The fourth-order valence-corrected chi connectivity index (χ4v) is 4.63. The Morgan fingerprint density at radius 2 is 2.30 bits per heavy atom. The van der Waals surface area contributed by atoms with Gasteiger partial charge in [0.05, 0.1) is 5.01 Å². The minimum Gasteiger partial charge on any atom is -0.331 e. The maximum absolute atomic E-state index is 12.8. The summed E-state index contributed by atoms with van der Waals surface area (Å²) < 4.78 is 0. The normalized spacial score (nSPS) is 29.5. The van der Waals surface area contributed by atoms with E-state index in [2.05, 4.69) is 16.8 Å². The molecule has 5 heteroatoms. The maximum atomic E-state index is 12.8. The predicted octanol–water partition coefficient (Wildman–Crippen LogP) is 2.44. The fourth-order valence-electron chi connectivity index (χ4n) is 3.84. The lowest BCUT2D eigenvalue weighted by Crippen LogP contribution is -2.42. The molecule has 2 N–H and O–H groups in total. The molecule has 0 bridgehead atoms. The molecule has 2 fully saturated rings. The van der Waals surface area contributed by atoms with E-state index >= 15 is 0 Å². The Bertz CT molecular complexity index is 487.